The zero-order valence-electron chi connectivity index (χ0n) is 17.9. The minimum absolute atomic E-state index is 0.341. The lowest BCUT2D eigenvalue weighted by Crippen LogP contribution is -2.53. The smallest absolute Gasteiger partial charge is 0.193 e. The van der Waals surface area contributed by atoms with Crippen molar-refractivity contribution in [1.29, 1.82) is 0 Å². The molecule has 2 aliphatic rings. The van der Waals surface area contributed by atoms with Crippen LogP contribution in [0, 0.1) is 17.6 Å². The average Bonchev–Trinajstić information content (AvgIpc) is 2.72. The lowest BCUT2D eigenvalue weighted by Gasteiger charge is -2.38. The summed E-state index contributed by atoms with van der Waals surface area (Å²) in [6.45, 7) is 11.5. The molecule has 29 heavy (non-hydrogen) atoms. The van der Waals surface area contributed by atoms with E-state index in [-0.39, 0.29) is 5.82 Å². The van der Waals surface area contributed by atoms with Crippen molar-refractivity contribution in [3.05, 3.63) is 29.8 Å². The van der Waals surface area contributed by atoms with Crippen LogP contribution < -0.4 is 10.2 Å². The third-order valence-electron chi connectivity index (χ3n) is 5.81. The van der Waals surface area contributed by atoms with Gasteiger partial charge in [0.25, 0.3) is 0 Å². The van der Waals surface area contributed by atoms with Gasteiger partial charge in [0.2, 0.25) is 0 Å². The first-order chi connectivity index (χ1) is 14.0. The van der Waals surface area contributed by atoms with E-state index in [2.05, 4.69) is 39.0 Å². The van der Waals surface area contributed by atoms with E-state index >= 15 is 0 Å². The predicted molar refractivity (Wildman–Crippen MR) is 115 cm³/mol. The van der Waals surface area contributed by atoms with Gasteiger partial charge >= 0.3 is 0 Å². The summed E-state index contributed by atoms with van der Waals surface area (Å²) in [5.41, 5.74) is 0.341. The van der Waals surface area contributed by atoms with Crippen molar-refractivity contribution >= 4 is 11.6 Å². The molecule has 0 spiro atoms. The molecule has 0 radical (unpaired) electrons. The van der Waals surface area contributed by atoms with Gasteiger partial charge in [0.15, 0.2) is 5.96 Å². The summed E-state index contributed by atoms with van der Waals surface area (Å²) < 4.78 is 27.5. The molecule has 2 aliphatic heterocycles. The number of anilines is 1. The highest BCUT2D eigenvalue weighted by Crippen LogP contribution is 2.22. The molecule has 2 saturated heterocycles. The third kappa shape index (κ3) is 6.02. The van der Waals surface area contributed by atoms with Crippen molar-refractivity contribution in [1.82, 2.24) is 20.0 Å². The summed E-state index contributed by atoms with van der Waals surface area (Å²) in [4.78, 5) is 13.4. The number of aliphatic imine (C=N–C) groups is 1. The van der Waals surface area contributed by atoms with Crippen molar-refractivity contribution in [2.45, 2.75) is 6.92 Å². The van der Waals surface area contributed by atoms with E-state index in [1.54, 1.807) is 7.05 Å². The summed E-state index contributed by atoms with van der Waals surface area (Å²) in [5, 5.41) is 3.50. The molecule has 0 saturated carbocycles. The molecule has 1 atom stereocenters. The van der Waals surface area contributed by atoms with Crippen LogP contribution in [-0.4, -0.2) is 100 Å². The summed E-state index contributed by atoms with van der Waals surface area (Å²) in [5.74, 6) is 0.628. The zero-order valence-corrected chi connectivity index (χ0v) is 17.9. The number of likely N-dealkylation sites (N-methyl/N-ethyl adjacent to an activating group) is 1. The van der Waals surface area contributed by atoms with Crippen LogP contribution in [0.4, 0.5) is 14.5 Å². The molecule has 2 heterocycles. The molecule has 2 fully saturated rings. The second kappa shape index (κ2) is 10.2. The maximum Gasteiger partial charge on any atom is 0.193 e. The standard InChI is InChI=1S/C21H34F2N6/c1-17(16-27-8-6-26(3)7-9-27)15-25-21(24-2)29-12-10-28(11-13-29)20-14-18(22)4-5-19(20)23/h4-5,14,17H,6-13,15-16H2,1-3H3,(H,24,25). The first-order valence-corrected chi connectivity index (χ1v) is 10.5. The summed E-state index contributed by atoms with van der Waals surface area (Å²) in [6, 6.07) is 3.63. The Bertz CT molecular complexity index is 682. The molecule has 1 aromatic rings. The van der Waals surface area contributed by atoms with E-state index in [1.165, 1.54) is 12.1 Å². The number of benzene rings is 1. The third-order valence-corrected chi connectivity index (χ3v) is 5.81. The highest BCUT2D eigenvalue weighted by molar-refractivity contribution is 5.80. The van der Waals surface area contributed by atoms with Crippen LogP contribution >= 0.6 is 0 Å². The fourth-order valence-electron chi connectivity index (χ4n) is 4.02. The number of guanidine groups is 1. The van der Waals surface area contributed by atoms with Crippen molar-refractivity contribution < 1.29 is 8.78 Å². The van der Waals surface area contributed by atoms with Gasteiger partial charge < -0.3 is 24.9 Å². The Hall–Kier alpha value is -1.93. The first-order valence-electron chi connectivity index (χ1n) is 10.5. The Labute approximate surface area is 173 Å². The Morgan fingerprint density at radius 1 is 1.07 bits per heavy atom. The SMILES string of the molecule is CN=C(NCC(C)CN1CCN(C)CC1)N1CCN(c2cc(F)ccc2F)CC1. The van der Waals surface area contributed by atoms with Crippen molar-refractivity contribution in [3.8, 4) is 0 Å². The quantitative estimate of drug-likeness (QED) is 0.591. The maximum absolute atomic E-state index is 14.0. The van der Waals surface area contributed by atoms with Gasteiger partial charge in [-0.05, 0) is 25.1 Å². The van der Waals surface area contributed by atoms with Crippen LogP contribution in [0.1, 0.15) is 6.92 Å². The fourth-order valence-corrected chi connectivity index (χ4v) is 4.02. The van der Waals surface area contributed by atoms with Crippen LogP contribution in [0.3, 0.4) is 0 Å². The van der Waals surface area contributed by atoms with Gasteiger partial charge in [0, 0.05) is 78.6 Å². The molecule has 1 N–H and O–H groups in total. The van der Waals surface area contributed by atoms with Crippen LogP contribution in [-0.2, 0) is 0 Å². The predicted octanol–water partition coefficient (Wildman–Crippen LogP) is 1.55. The van der Waals surface area contributed by atoms with E-state index in [0.29, 0.717) is 24.7 Å². The molecule has 0 bridgehead atoms. The number of hydrogen-bond acceptors (Lipinski definition) is 4. The topological polar surface area (TPSA) is 37.4 Å². The minimum Gasteiger partial charge on any atom is -0.366 e. The zero-order chi connectivity index (χ0) is 20.8. The van der Waals surface area contributed by atoms with Gasteiger partial charge in [-0.3, -0.25) is 4.99 Å². The molecule has 3 rings (SSSR count). The number of nitrogens with one attached hydrogen (secondary N) is 1. The van der Waals surface area contributed by atoms with E-state index in [1.807, 2.05) is 4.90 Å². The monoisotopic (exact) mass is 408 g/mol. The lowest BCUT2D eigenvalue weighted by molar-refractivity contribution is 0.139. The average molecular weight is 409 g/mol. The number of piperazine rings is 2. The Morgan fingerprint density at radius 3 is 2.41 bits per heavy atom. The Balaban J connectivity index is 1.44. The van der Waals surface area contributed by atoms with E-state index in [9.17, 15) is 8.78 Å². The van der Waals surface area contributed by atoms with Gasteiger partial charge in [-0.2, -0.15) is 0 Å². The van der Waals surface area contributed by atoms with Gasteiger partial charge in [-0.1, -0.05) is 6.92 Å². The van der Waals surface area contributed by atoms with E-state index in [0.717, 1.165) is 64.4 Å². The summed E-state index contributed by atoms with van der Waals surface area (Å²) in [6.07, 6.45) is 0. The normalized spacial score (nSPS) is 20.8. The number of hydrogen-bond donors (Lipinski definition) is 1. The van der Waals surface area contributed by atoms with Crippen LogP contribution in [0.25, 0.3) is 0 Å². The summed E-state index contributed by atoms with van der Waals surface area (Å²) >= 11 is 0. The molecule has 0 aromatic heterocycles. The van der Waals surface area contributed by atoms with Gasteiger partial charge in [0.1, 0.15) is 11.6 Å². The molecule has 1 aromatic carbocycles. The van der Waals surface area contributed by atoms with Gasteiger partial charge in [0.05, 0.1) is 5.69 Å². The van der Waals surface area contributed by atoms with Crippen LogP contribution in [0.5, 0.6) is 0 Å². The number of nitrogens with zero attached hydrogens (tertiary/aromatic N) is 5. The minimum atomic E-state index is -0.407. The molecule has 8 heteroatoms. The highest BCUT2D eigenvalue weighted by Gasteiger charge is 2.23. The lowest BCUT2D eigenvalue weighted by atomic mass is 10.1. The molecule has 0 amide bonds. The Morgan fingerprint density at radius 2 is 1.76 bits per heavy atom. The van der Waals surface area contributed by atoms with Crippen LogP contribution in [0.15, 0.2) is 23.2 Å². The van der Waals surface area contributed by atoms with Crippen molar-refractivity contribution in [2.75, 3.05) is 84.4 Å². The fraction of sp³-hybridized carbons (Fsp3) is 0.667. The second-order valence-corrected chi connectivity index (χ2v) is 8.21. The molecule has 6 nitrogen and oxygen atoms in total. The molecular formula is C21H34F2N6. The number of rotatable bonds is 5. The molecule has 1 unspecified atom stereocenters. The first kappa shape index (κ1) is 21.8. The Kier molecular flexibility index (Phi) is 7.66. The van der Waals surface area contributed by atoms with E-state index < -0.39 is 5.82 Å². The van der Waals surface area contributed by atoms with E-state index in [4.69, 9.17) is 0 Å². The molecule has 0 aliphatic carbocycles. The van der Waals surface area contributed by atoms with Crippen molar-refractivity contribution in [3.63, 3.8) is 0 Å². The maximum atomic E-state index is 14.0. The van der Waals surface area contributed by atoms with Crippen LogP contribution in [0.2, 0.25) is 0 Å². The highest BCUT2D eigenvalue weighted by atomic mass is 19.1. The van der Waals surface area contributed by atoms with Gasteiger partial charge in [-0.25, -0.2) is 8.78 Å². The van der Waals surface area contributed by atoms with Crippen molar-refractivity contribution in [2.24, 2.45) is 10.9 Å². The number of halogens is 2. The summed E-state index contributed by atoms with van der Waals surface area (Å²) in [7, 11) is 3.97. The molecule has 162 valence electrons. The second-order valence-electron chi connectivity index (χ2n) is 8.21. The van der Waals surface area contributed by atoms with Gasteiger partial charge in [-0.15, -0.1) is 0 Å². The largest absolute Gasteiger partial charge is 0.366 e. The molecular weight excluding hydrogens is 374 g/mol.